The van der Waals surface area contributed by atoms with Crippen molar-refractivity contribution in [2.24, 2.45) is 0 Å². The van der Waals surface area contributed by atoms with E-state index in [-0.39, 0.29) is 5.56 Å². The molecule has 5 heteroatoms. The van der Waals surface area contributed by atoms with Gasteiger partial charge in [-0.1, -0.05) is 12.1 Å². The lowest BCUT2D eigenvalue weighted by molar-refractivity contribution is 0.0935. The molecule has 1 amide bonds. The normalized spacial score (nSPS) is 11.5. The van der Waals surface area contributed by atoms with Crippen molar-refractivity contribution >= 4 is 5.91 Å². The number of hydrogen-bond acceptors (Lipinski definition) is 2. The van der Waals surface area contributed by atoms with E-state index in [1.807, 2.05) is 6.07 Å². The van der Waals surface area contributed by atoms with Gasteiger partial charge in [-0.25, -0.2) is 8.78 Å². The van der Waals surface area contributed by atoms with Gasteiger partial charge in [-0.3, -0.25) is 4.79 Å². The van der Waals surface area contributed by atoms with Crippen molar-refractivity contribution < 1.29 is 13.6 Å². The summed E-state index contributed by atoms with van der Waals surface area (Å²) in [6.45, 7) is 1.72. The molecular weight excluding hydrogens is 274 g/mol. The maximum Gasteiger partial charge on any atom is 0.254 e. The van der Waals surface area contributed by atoms with Gasteiger partial charge in [0.2, 0.25) is 0 Å². The molecule has 2 aromatic carbocycles. The first-order valence-electron chi connectivity index (χ1n) is 6.27. The molecule has 1 N–H and O–H groups in total. The van der Waals surface area contributed by atoms with Crippen molar-refractivity contribution in [3.8, 4) is 6.07 Å². The molecule has 0 aliphatic carbocycles. The molecule has 0 aliphatic heterocycles. The Bertz CT molecular complexity index is 705. The number of halogens is 2. The van der Waals surface area contributed by atoms with Crippen LogP contribution >= 0.6 is 0 Å². The monoisotopic (exact) mass is 286 g/mol. The summed E-state index contributed by atoms with van der Waals surface area (Å²) in [7, 11) is 0. The summed E-state index contributed by atoms with van der Waals surface area (Å²) in [5, 5.41) is 11.3. The highest BCUT2D eigenvalue weighted by Crippen LogP contribution is 2.15. The van der Waals surface area contributed by atoms with Gasteiger partial charge in [0.1, 0.15) is 11.6 Å². The molecule has 2 aromatic rings. The molecule has 21 heavy (non-hydrogen) atoms. The number of nitrogens with zero attached hydrogens (tertiary/aromatic N) is 1. The van der Waals surface area contributed by atoms with Gasteiger partial charge in [0.05, 0.1) is 23.2 Å². The van der Waals surface area contributed by atoms with Crippen molar-refractivity contribution in [2.45, 2.75) is 13.0 Å². The van der Waals surface area contributed by atoms with Crippen LogP contribution in [-0.4, -0.2) is 5.91 Å². The van der Waals surface area contributed by atoms with Crippen molar-refractivity contribution in [1.29, 1.82) is 5.26 Å². The van der Waals surface area contributed by atoms with E-state index >= 15 is 0 Å². The van der Waals surface area contributed by atoms with Crippen LogP contribution < -0.4 is 5.32 Å². The van der Waals surface area contributed by atoms with E-state index in [4.69, 9.17) is 5.26 Å². The molecule has 0 bridgehead atoms. The minimum Gasteiger partial charge on any atom is -0.345 e. The molecule has 0 aromatic heterocycles. The highest BCUT2D eigenvalue weighted by molar-refractivity contribution is 5.94. The first-order chi connectivity index (χ1) is 10.0. The van der Waals surface area contributed by atoms with Gasteiger partial charge in [-0.2, -0.15) is 5.26 Å². The molecule has 0 radical (unpaired) electrons. The highest BCUT2D eigenvalue weighted by atomic mass is 19.1. The largest absolute Gasteiger partial charge is 0.345 e. The summed E-state index contributed by atoms with van der Waals surface area (Å²) in [4.78, 5) is 12.0. The standard InChI is InChI=1S/C16H12F2N2O/c1-10(12-4-2-11(9-19)3-5-12)20-16(21)14-8-13(17)6-7-15(14)18/h2-8,10H,1H3,(H,20,21). The molecule has 0 fully saturated rings. The van der Waals surface area contributed by atoms with Crippen LogP contribution in [0.2, 0.25) is 0 Å². The zero-order valence-electron chi connectivity index (χ0n) is 11.2. The molecule has 1 unspecified atom stereocenters. The van der Waals surface area contributed by atoms with E-state index in [0.717, 1.165) is 23.8 Å². The average molecular weight is 286 g/mol. The van der Waals surface area contributed by atoms with Crippen LogP contribution in [0.1, 0.15) is 34.5 Å². The topological polar surface area (TPSA) is 52.9 Å². The van der Waals surface area contributed by atoms with Crippen LogP contribution in [0.15, 0.2) is 42.5 Å². The molecule has 0 aliphatic rings. The highest BCUT2D eigenvalue weighted by Gasteiger charge is 2.16. The quantitative estimate of drug-likeness (QED) is 0.941. The second-order valence-corrected chi connectivity index (χ2v) is 4.55. The van der Waals surface area contributed by atoms with Crippen LogP contribution in [0.4, 0.5) is 8.78 Å². The Morgan fingerprint density at radius 2 is 1.86 bits per heavy atom. The number of amides is 1. The molecule has 0 saturated heterocycles. The van der Waals surface area contributed by atoms with Crippen LogP contribution in [0, 0.1) is 23.0 Å². The van der Waals surface area contributed by atoms with Gasteiger partial charge >= 0.3 is 0 Å². The van der Waals surface area contributed by atoms with Crippen molar-refractivity contribution in [3.05, 3.63) is 70.8 Å². The van der Waals surface area contributed by atoms with Crippen LogP contribution in [0.25, 0.3) is 0 Å². The number of carbonyl (C=O) groups excluding carboxylic acids is 1. The predicted molar refractivity (Wildman–Crippen MR) is 73.4 cm³/mol. The van der Waals surface area contributed by atoms with E-state index in [2.05, 4.69) is 5.32 Å². The lowest BCUT2D eigenvalue weighted by Gasteiger charge is -2.14. The number of benzene rings is 2. The average Bonchev–Trinajstić information content (AvgIpc) is 2.49. The lowest BCUT2D eigenvalue weighted by Crippen LogP contribution is -2.27. The van der Waals surface area contributed by atoms with Gasteiger partial charge in [-0.05, 0) is 42.8 Å². The fourth-order valence-electron chi connectivity index (χ4n) is 1.88. The second-order valence-electron chi connectivity index (χ2n) is 4.55. The van der Waals surface area contributed by atoms with Gasteiger partial charge < -0.3 is 5.32 Å². The van der Waals surface area contributed by atoms with Gasteiger partial charge in [-0.15, -0.1) is 0 Å². The Kier molecular flexibility index (Phi) is 4.29. The minimum absolute atomic E-state index is 0.338. The fraction of sp³-hybridized carbons (Fsp3) is 0.125. The van der Waals surface area contributed by atoms with Crippen molar-refractivity contribution in [2.75, 3.05) is 0 Å². The van der Waals surface area contributed by atoms with E-state index < -0.39 is 23.6 Å². The predicted octanol–water partition coefficient (Wildman–Crippen LogP) is 3.33. The SMILES string of the molecule is CC(NC(=O)c1cc(F)ccc1F)c1ccc(C#N)cc1. The molecule has 0 spiro atoms. The summed E-state index contributed by atoms with van der Waals surface area (Å²) >= 11 is 0. The Hall–Kier alpha value is -2.74. The van der Waals surface area contributed by atoms with Crippen LogP contribution in [0.3, 0.4) is 0 Å². The lowest BCUT2D eigenvalue weighted by atomic mass is 10.1. The maximum atomic E-state index is 13.5. The Morgan fingerprint density at radius 1 is 1.19 bits per heavy atom. The smallest absolute Gasteiger partial charge is 0.254 e. The summed E-state index contributed by atoms with van der Waals surface area (Å²) < 4.78 is 26.6. The van der Waals surface area contributed by atoms with Gasteiger partial charge in [0.25, 0.3) is 5.91 Å². The van der Waals surface area contributed by atoms with Gasteiger partial charge in [0.15, 0.2) is 0 Å². The Balaban J connectivity index is 2.14. The van der Waals surface area contributed by atoms with Crippen LogP contribution in [0.5, 0.6) is 0 Å². The summed E-state index contributed by atoms with van der Waals surface area (Å²) in [5.74, 6) is -2.14. The van der Waals surface area contributed by atoms with E-state index in [1.54, 1.807) is 31.2 Å². The van der Waals surface area contributed by atoms with E-state index in [9.17, 15) is 13.6 Å². The number of carbonyl (C=O) groups is 1. The summed E-state index contributed by atoms with van der Waals surface area (Å²) in [6, 6.07) is 11.0. The molecule has 106 valence electrons. The molecule has 3 nitrogen and oxygen atoms in total. The summed E-state index contributed by atoms with van der Waals surface area (Å²) in [6.07, 6.45) is 0. The number of nitriles is 1. The first-order valence-corrected chi connectivity index (χ1v) is 6.27. The van der Waals surface area contributed by atoms with Crippen LogP contribution in [-0.2, 0) is 0 Å². The minimum atomic E-state index is -0.777. The second kappa shape index (κ2) is 6.14. The zero-order valence-corrected chi connectivity index (χ0v) is 11.2. The van der Waals surface area contributed by atoms with Gasteiger partial charge in [0, 0.05) is 0 Å². The fourth-order valence-corrected chi connectivity index (χ4v) is 1.88. The van der Waals surface area contributed by atoms with Crippen molar-refractivity contribution in [3.63, 3.8) is 0 Å². The number of rotatable bonds is 3. The Morgan fingerprint density at radius 3 is 2.48 bits per heavy atom. The van der Waals surface area contributed by atoms with E-state index in [0.29, 0.717) is 5.56 Å². The molecule has 2 rings (SSSR count). The number of hydrogen-bond donors (Lipinski definition) is 1. The molecule has 0 heterocycles. The maximum absolute atomic E-state index is 13.5. The molecular formula is C16H12F2N2O. The molecule has 1 atom stereocenters. The summed E-state index contributed by atoms with van der Waals surface area (Å²) in [5.41, 5.74) is 0.933. The third-order valence-corrected chi connectivity index (χ3v) is 3.06. The Labute approximate surface area is 120 Å². The third-order valence-electron chi connectivity index (χ3n) is 3.06. The first kappa shape index (κ1) is 14.7. The van der Waals surface area contributed by atoms with E-state index in [1.165, 1.54) is 0 Å². The number of nitrogens with one attached hydrogen (secondary N) is 1. The third kappa shape index (κ3) is 3.42. The zero-order chi connectivity index (χ0) is 15.4. The molecule has 0 saturated carbocycles. The van der Waals surface area contributed by atoms with Crippen molar-refractivity contribution in [1.82, 2.24) is 5.32 Å².